The molecule has 3 aromatic carbocycles. The van der Waals surface area contributed by atoms with Gasteiger partial charge in [-0.25, -0.2) is 0 Å². The second kappa shape index (κ2) is 9.99. The minimum absolute atomic E-state index is 0.175. The van der Waals surface area contributed by atoms with Crippen molar-refractivity contribution in [1.82, 2.24) is 0 Å². The Balaban J connectivity index is 2.32. The van der Waals surface area contributed by atoms with Crippen LogP contribution in [0.1, 0.15) is 72.1 Å². The highest BCUT2D eigenvalue weighted by Crippen LogP contribution is 2.31. The van der Waals surface area contributed by atoms with Crippen LogP contribution in [-0.2, 0) is 9.09 Å². The molecule has 0 aliphatic rings. The number of ketones is 2. The predicted molar refractivity (Wildman–Crippen MR) is 135 cm³/mol. The Hall–Kier alpha value is -2.81. The second-order valence-corrected chi connectivity index (χ2v) is 10.1. The topological polar surface area (TPSA) is 60.4 Å². The lowest BCUT2D eigenvalue weighted by atomic mass is 9.87. The van der Waals surface area contributed by atoms with Gasteiger partial charge >= 0.3 is 0 Å². The molecule has 1 unspecified atom stereocenters. The summed E-state index contributed by atoms with van der Waals surface area (Å²) in [5, 5.41) is 0.291. The van der Waals surface area contributed by atoms with E-state index < -0.39 is 8.03 Å². The molecule has 0 N–H and O–H groups in total. The van der Waals surface area contributed by atoms with E-state index in [1.54, 1.807) is 25.1 Å². The lowest BCUT2D eigenvalue weighted by molar-refractivity contribution is 0.100. The van der Waals surface area contributed by atoms with Crippen LogP contribution in [-0.4, -0.2) is 18.2 Å². The van der Waals surface area contributed by atoms with Crippen molar-refractivity contribution in [3.05, 3.63) is 98.1 Å². The van der Waals surface area contributed by atoms with Crippen LogP contribution in [0.3, 0.4) is 0 Å². The monoisotopic (exact) mass is 462 g/mol. The molecule has 3 aromatic rings. The number of hydrogen-bond acceptors (Lipinski definition) is 4. The molecule has 0 heterocycles. The molecule has 0 fully saturated rings. The number of hydrogen-bond donors (Lipinski definition) is 0. The zero-order chi connectivity index (χ0) is 24.4. The van der Waals surface area contributed by atoms with Gasteiger partial charge in [-0.1, -0.05) is 47.5 Å². The molecular weight excluding hydrogens is 431 g/mol. The molecule has 4 nitrogen and oxygen atoms in total. The Bertz CT molecular complexity index is 1240. The fraction of sp³-hybridized carbons (Fsp3) is 0.286. The van der Waals surface area contributed by atoms with Gasteiger partial charge in [0.1, 0.15) is 0 Å². The molecule has 0 amide bonds. The zero-order valence-corrected chi connectivity index (χ0v) is 21.4. The normalized spacial score (nSPS) is 12.0. The van der Waals surface area contributed by atoms with E-state index in [0.717, 1.165) is 33.4 Å². The van der Waals surface area contributed by atoms with E-state index in [-0.39, 0.29) is 29.3 Å². The van der Waals surface area contributed by atoms with Gasteiger partial charge in [0.25, 0.3) is 0 Å². The van der Waals surface area contributed by atoms with Crippen LogP contribution in [0, 0.1) is 41.5 Å². The van der Waals surface area contributed by atoms with Crippen LogP contribution in [0.5, 0.6) is 0 Å². The molecule has 172 valence electrons. The molecule has 0 aliphatic carbocycles. The first-order valence-corrected chi connectivity index (χ1v) is 12.4. The zero-order valence-electron chi connectivity index (χ0n) is 20.4. The molecule has 0 aromatic heterocycles. The summed E-state index contributed by atoms with van der Waals surface area (Å²) in [5.41, 5.74) is 7.00. The highest BCUT2D eigenvalue weighted by molar-refractivity contribution is 7.48. The van der Waals surface area contributed by atoms with Gasteiger partial charge in [-0.05, 0) is 76.8 Å². The summed E-state index contributed by atoms with van der Waals surface area (Å²) in [5.74, 6) is -0.548. The first-order valence-electron chi connectivity index (χ1n) is 11.1. The summed E-state index contributed by atoms with van der Waals surface area (Å²) in [6, 6.07) is 12.8. The van der Waals surface area contributed by atoms with Gasteiger partial charge in [0, 0.05) is 27.6 Å². The molecule has 0 spiro atoms. The average Bonchev–Trinajstić information content (AvgIpc) is 2.71. The average molecular weight is 463 g/mol. The van der Waals surface area contributed by atoms with Gasteiger partial charge in [-0.15, -0.1) is 0 Å². The van der Waals surface area contributed by atoms with Gasteiger partial charge in [-0.2, -0.15) is 0 Å². The third kappa shape index (κ3) is 4.93. The molecular formula is C28H31O4P. The SMILES string of the molecule is CCO[PH](=O)c1cccc(C(=O)c2c(C)cc(C)cc2C)c1C(=O)c1c(C)cc(C)cc1C. The van der Waals surface area contributed by atoms with Crippen molar-refractivity contribution in [2.45, 2.75) is 48.5 Å². The van der Waals surface area contributed by atoms with Crippen LogP contribution in [0.2, 0.25) is 0 Å². The van der Waals surface area contributed by atoms with Crippen LogP contribution >= 0.6 is 8.03 Å². The molecule has 33 heavy (non-hydrogen) atoms. The largest absolute Gasteiger partial charge is 0.328 e. The molecule has 0 saturated carbocycles. The molecule has 0 aliphatic heterocycles. The van der Waals surface area contributed by atoms with E-state index in [1.807, 2.05) is 65.8 Å². The van der Waals surface area contributed by atoms with E-state index in [2.05, 4.69) is 0 Å². The van der Waals surface area contributed by atoms with Crippen LogP contribution < -0.4 is 5.30 Å². The highest BCUT2D eigenvalue weighted by Gasteiger charge is 2.28. The van der Waals surface area contributed by atoms with Crippen molar-refractivity contribution >= 4 is 24.9 Å². The molecule has 1 atom stereocenters. The third-order valence-corrected chi connectivity index (χ3v) is 7.25. The number of carbonyl (C=O) groups is 2. The Morgan fingerprint density at radius 3 is 1.64 bits per heavy atom. The minimum Gasteiger partial charge on any atom is -0.328 e. The van der Waals surface area contributed by atoms with Crippen molar-refractivity contribution in [3.63, 3.8) is 0 Å². The van der Waals surface area contributed by atoms with E-state index in [1.165, 1.54) is 0 Å². The summed E-state index contributed by atoms with van der Waals surface area (Å²) in [4.78, 5) is 27.8. The van der Waals surface area contributed by atoms with E-state index in [0.29, 0.717) is 16.4 Å². The quantitative estimate of drug-likeness (QED) is 0.313. The highest BCUT2D eigenvalue weighted by atomic mass is 31.1. The summed E-state index contributed by atoms with van der Waals surface area (Å²) >= 11 is 0. The lowest BCUT2D eigenvalue weighted by Crippen LogP contribution is -2.22. The lowest BCUT2D eigenvalue weighted by Gasteiger charge is -2.18. The standard InChI is InChI=1S/C28H31O4P/c1-8-32-33(31)23-11-9-10-22(27(29)24-18(4)12-16(2)13-19(24)5)26(23)28(30)25-20(6)14-17(3)15-21(25)7/h9-15,33H,8H2,1-7H3. The maximum Gasteiger partial charge on any atom is 0.221 e. The van der Waals surface area contributed by atoms with E-state index >= 15 is 0 Å². The fourth-order valence-electron chi connectivity index (χ4n) is 4.70. The number of benzene rings is 3. The van der Waals surface area contributed by atoms with Crippen LogP contribution in [0.4, 0.5) is 0 Å². The number of rotatable bonds is 7. The van der Waals surface area contributed by atoms with Gasteiger partial charge in [-0.3, -0.25) is 14.2 Å². The molecule has 3 rings (SSSR count). The van der Waals surface area contributed by atoms with Gasteiger partial charge in [0.15, 0.2) is 11.6 Å². The summed E-state index contributed by atoms with van der Waals surface area (Å²) in [7, 11) is -2.72. The van der Waals surface area contributed by atoms with Crippen molar-refractivity contribution in [2.75, 3.05) is 6.61 Å². The van der Waals surface area contributed by atoms with Gasteiger partial charge in [0.2, 0.25) is 8.03 Å². The first-order chi connectivity index (χ1) is 15.6. The number of aryl methyl sites for hydroxylation is 6. The first kappa shape index (κ1) is 24.8. The fourth-order valence-corrected chi connectivity index (χ4v) is 5.80. The molecule has 0 saturated heterocycles. The van der Waals surface area contributed by atoms with Crippen LogP contribution in [0.25, 0.3) is 0 Å². The summed E-state index contributed by atoms with van der Waals surface area (Å²) < 4.78 is 18.4. The van der Waals surface area contributed by atoms with Crippen molar-refractivity contribution in [3.8, 4) is 0 Å². The molecule has 0 bridgehead atoms. The summed E-state index contributed by atoms with van der Waals surface area (Å²) in [6.07, 6.45) is 0. The van der Waals surface area contributed by atoms with E-state index in [9.17, 15) is 14.2 Å². The maximum absolute atomic E-state index is 14.0. The Labute approximate surface area is 196 Å². The third-order valence-electron chi connectivity index (χ3n) is 5.84. The Morgan fingerprint density at radius 1 is 0.727 bits per heavy atom. The van der Waals surface area contributed by atoms with E-state index in [4.69, 9.17) is 4.52 Å². The molecule has 0 radical (unpaired) electrons. The smallest absolute Gasteiger partial charge is 0.221 e. The molecule has 5 heteroatoms. The Morgan fingerprint density at radius 2 is 1.18 bits per heavy atom. The minimum atomic E-state index is -2.72. The second-order valence-electron chi connectivity index (χ2n) is 8.65. The van der Waals surface area contributed by atoms with Gasteiger partial charge in [0.05, 0.1) is 6.61 Å². The maximum atomic E-state index is 14.0. The Kier molecular flexibility index (Phi) is 7.51. The van der Waals surface area contributed by atoms with Crippen LogP contribution in [0.15, 0.2) is 42.5 Å². The number of carbonyl (C=O) groups excluding carboxylic acids is 2. The van der Waals surface area contributed by atoms with Crippen molar-refractivity contribution < 1.29 is 18.7 Å². The predicted octanol–water partition coefficient (Wildman–Crippen LogP) is 6.14. The van der Waals surface area contributed by atoms with Crippen molar-refractivity contribution in [1.29, 1.82) is 0 Å². The van der Waals surface area contributed by atoms with Crippen molar-refractivity contribution in [2.24, 2.45) is 0 Å². The summed E-state index contributed by atoms with van der Waals surface area (Å²) in [6.45, 7) is 13.5. The van der Waals surface area contributed by atoms with Gasteiger partial charge < -0.3 is 4.52 Å².